The lowest BCUT2D eigenvalue weighted by Gasteiger charge is -2.29. The molecular formula is C21H23BrN2O4S. The number of sulfonamides is 1. The number of anilines is 1. The lowest BCUT2D eigenvalue weighted by atomic mass is 10.0. The molecule has 0 saturated carbocycles. The van der Waals surface area contributed by atoms with Crippen molar-refractivity contribution < 1.29 is 18.0 Å². The zero-order valence-corrected chi connectivity index (χ0v) is 18.7. The van der Waals surface area contributed by atoms with E-state index in [2.05, 4.69) is 28.2 Å². The van der Waals surface area contributed by atoms with E-state index in [1.807, 2.05) is 0 Å². The Morgan fingerprint density at radius 3 is 2.41 bits per heavy atom. The monoisotopic (exact) mass is 478 g/mol. The summed E-state index contributed by atoms with van der Waals surface area (Å²) in [5.41, 5.74) is 1.19. The van der Waals surface area contributed by atoms with Crippen LogP contribution in [-0.4, -0.2) is 37.5 Å². The number of rotatable bonds is 5. The third-order valence-electron chi connectivity index (χ3n) is 5.08. The van der Waals surface area contributed by atoms with Gasteiger partial charge in [-0.1, -0.05) is 19.1 Å². The quantitative estimate of drug-likeness (QED) is 0.648. The van der Waals surface area contributed by atoms with Crippen molar-refractivity contribution in [2.45, 2.75) is 31.6 Å². The molecule has 0 atom stereocenters. The van der Waals surface area contributed by atoms with E-state index in [1.165, 1.54) is 17.3 Å². The molecule has 8 heteroatoms. The maximum absolute atomic E-state index is 13.1. The van der Waals surface area contributed by atoms with Crippen LogP contribution in [0.4, 0.5) is 5.69 Å². The molecule has 1 N–H and O–H groups in total. The van der Waals surface area contributed by atoms with E-state index < -0.39 is 15.9 Å². The van der Waals surface area contributed by atoms with Crippen LogP contribution in [0, 0.1) is 5.92 Å². The molecule has 2 aromatic rings. The molecule has 3 rings (SSSR count). The fraction of sp³-hybridized carbons (Fsp3) is 0.333. The first kappa shape index (κ1) is 21.7. The van der Waals surface area contributed by atoms with Crippen molar-refractivity contribution in [1.29, 1.82) is 0 Å². The molecule has 6 nitrogen and oxygen atoms in total. The number of nitrogens with zero attached hydrogens (tertiary/aromatic N) is 1. The molecule has 0 spiro atoms. The smallest absolute Gasteiger partial charge is 0.255 e. The molecular weight excluding hydrogens is 456 g/mol. The van der Waals surface area contributed by atoms with Crippen LogP contribution in [0.1, 0.15) is 47.4 Å². The molecule has 0 aromatic heterocycles. The van der Waals surface area contributed by atoms with Crippen LogP contribution in [-0.2, 0) is 10.0 Å². The highest BCUT2D eigenvalue weighted by atomic mass is 79.9. The van der Waals surface area contributed by atoms with E-state index in [0.29, 0.717) is 34.7 Å². The number of piperidine rings is 1. The fourth-order valence-corrected chi connectivity index (χ4v) is 5.65. The first-order chi connectivity index (χ1) is 13.7. The van der Waals surface area contributed by atoms with Crippen molar-refractivity contribution >= 4 is 43.3 Å². The number of carbonyl (C=O) groups excluding carboxylic acids is 2. The maximum atomic E-state index is 13.1. The van der Waals surface area contributed by atoms with Crippen LogP contribution in [0.25, 0.3) is 0 Å². The van der Waals surface area contributed by atoms with Gasteiger partial charge in [0, 0.05) is 34.4 Å². The Morgan fingerprint density at radius 1 is 1.07 bits per heavy atom. The normalized spacial score (nSPS) is 15.8. The van der Waals surface area contributed by atoms with Crippen LogP contribution in [0.3, 0.4) is 0 Å². The molecule has 0 aliphatic carbocycles. The van der Waals surface area contributed by atoms with E-state index in [0.717, 1.165) is 12.8 Å². The second kappa shape index (κ2) is 8.77. The SMILES string of the molecule is CC(=O)c1cccc(NC(=O)c2ccc(Br)c(S(=O)(=O)N3CCC(C)CC3)c2)c1. The molecule has 154 valence electrons. The number of amides is 1. The van der Waals surface area contributed by atoms with Crippen molar-refractivity contribution in [3.8, 4) is 0 Å². The number of hydrogen-bond acceptors (Lipinski definition) is 4. The molecule has 0 bridgehead atoms. The van der Waals surface area contributed by atoms with Gasteiger partial charge in [-0.2, -0.15) is 4.31 Å². The summed E-state index contributed by atoms with van der Waals surface area (Å²) in [5.74, 6) is -0.0383. The Labute approximate surface area is 179 Å². The average Bonchev–Trinajstić information content (AvgIpc) is 2.68. The fourth-order valence-electron chi connectivity index (χ4n) is 3.23. The van der Waals surface area contributed by atoms with Gasteiger partial charge in [0.25, 0.3) is 5.91 Å². The molecule has 29 heavy (non-hydrogen) atoms. The van der Waals surface area contributed by atoms with Crippen LogP contribution < -0.4 is 5.32 Å². The molecule has 1 aliphatic heterocycles. The largest absolute Gasteiger partial charge is 0.322 e. The van der Waals surface area contributed by atoms with Crippen molar-refractivity contribution in [3.05, 3.63) is 58.1 Å². The second-order valence-corrected chi connectivity index (χ2v) is 10.1. The summed E-state index contributed by atoms with van der Waals surface area (Å²) in [6.07, 6.45) is 1.65. The van der Waals surface area contributed by atoms with Gasteiger partial charge in [0.15, 0.2) is 5.78 Å². The van der Waals surface area contributed by atoms with E-state index in [1.54, 1.807) is 36.4 Å². The summed E-state index contributed by atoms with van der Waals surface area (Å²) in [6, 6.07) is 11.1. The number of halogens is 1. The molecule has 0 unspecified atom stereocenters. The lowest BCUT2D eigenvalue weighted by Crippen LogP contribution is -2.38. The second-order valence-electron chi connectivity index (χ2n) is 7.32. The molecule has 0 radical (unpaired) electrons. The molecule has 1 fully saturated rings. The minimum absolute atomic E-state index is 0.0807. The highest BCUT2D eigenvalue weighted by Gasteiger charge is 2.30. The highest BCUT2D eigenvalue weighted by Crippen LogP contribution is 2.29. The standard InChI is InChI=1S/C21H23BrN2O4S/c1-14-8-10-24(11-9-14)29(27,28)20-13-17(6-7-19(20)22)21(26)23-18-5-3-4-16(12-18)15(2)25/h3-7,12-14H,8-11H2,1-2H3,(H,23,26). The topological polar surface area (TPSA) is 83.5 Å². The summed E-state index contributed by atoms with van der Waals surface area (Å²) in [6.45, 7) is 4.52. The van der Waals surface area contributed by atoms with Crippen molar-refractivity contribution in [2.75, 3.05) is 18.4 Å². The van der Waals surface area contributed by atoms with Crippen LogP contribution in [0.2, 0.25) is 0 Å². The number of ketones is 1. The van der Waals surface area contributed by atoms with Crippen molar-refractivity contribution in [2.24, 2.45) is 5.92 Å². The Bertz CT molecular complexity index is 1040. The van der Waals surface area contributed by atoms with Crippen LogP contribution >= 0.6 is 15.9 Å². The zero-order chi connectivity index (χ0) is 21.2. The summed E-state index contributed by atoms with van der Waals surface area (Å²) in [5, 5.41) is 2.72. The van der Waals surface area contributed by atoms with Crippen molar-refractivity contribution in [3.63, 3.8) is 0 Å². The minimum atomic E-state index is -3.70. The van der Waals surface area contributed by atoms with E-state index in [4.69, 9.17) is 0 Å². The summed E-state index contributed by atoms with van der Waals surface area (Å²) >= 11 is 3.31. The first-order valence-electron chi connectivity index (χ1n) is 9.40. The molecule has 2 aromatic carbocycles. The number of nitrogens with one attached hydrogen (secondary N) is 1. The summed E-state index contributed by atoms with van der Waals surface area (Å²) < 4.78 is 28.1. The maximum Gasteiger partial charge on any atom is 0.255 e. The Morgan fingerprint density at radius 2 is 1.76 bits per heavy atom. The molecule has 1 saturated heterocycles. The van der Waals surface area contributed by atoms with Gasteiger partial charge in [-0.05, 0) is 71.9 Å². The lowest BCUT2D eigenvalue weighted by molar-refractivity contribution is 0.101. The van der Waals surface area contributed by atoms with Gasteiger partial charge < -0.3 is 5.32 Å². The number of carbonyl (C=O) groups is 2. The zero-order valence-electron chi connectivity index (χ0n) is 16.3. The summed E-state index contributed by atoms with van der Waals surface area (Å²) in [4.78, 5) is 24.3. The van der Waals surface area contributed by atoms with Crippen LogP contribution in [0.5, 0.6) is 0 Å². The third kappa shape index (κ3) is 4.94. The molecule has 1 heterocycles. The van der Waals surface area contributed by atoms with Gasteiger partial charge in [-0.3, -0.25) is 9.59 Å². The first-order valence-corrected chi connectivity index (χ1v) is 11.6. The predicted octanol–water partition coefficient (Wildman–Crippen LogP) is 4.32. The van der Waals surface area contributed by atoms with Gasteiger partial charge in [0.2, 0.25) is 10.0 Å². The number of Topliss-reactive ketones (excluding diaryl/α,β-unsaturated/α-hetero) is 1. The minimum Gasteiger partial charge on any atom is -0.322 e. The predicted molar refractivity (Wildman–Crippen MR) is 116 cm³/mol. The highest BCUT2D eigenvalue weighted by molar-refractivity contribution is 9.10. The van der Waals surface area contributed by atoms with E-state index in [-0.39, 0.29) is 16.2 Å². The van der Waals surface area contributed by atoms with E-state index >= 15 is 0 Å². The van der Waals surface area contributed by atoms with Crippen LogP contribution in [0.15, 0.2) is 51.8 Å². The Balaban J connectivity index is 1.86. The van der Waals surface area contributed by atoms with Gasteiger partial charge in [-0.25, -0.2) is 8.42 Å². The third-order valence-corrected chi connectivity index (χ3v) is 7.97. The summed E-state index contributed by atoms with van der Waals surface area (Å²) in [7, 11) is -3.70. The van der Waals surface area contributed by atoms with Gasteiger partial charge in [0.05, 0.1) is 4.90 Å². The molecule has 1 amide bonds. The number of benzene rings is 2. The van der Waals surface area contributed by atoms with Gasteiger partial charge in [-0.15, -0.1) is 0 Å². The van der Waals surface area contributed by atoms with E-state index in [9.17, 15) is 18.0 Å². The van der Waals surface area contributed by atoms with Crippen molar-refractivity contribution in [1.82, 2.24) is 4.31 Å². The Kier molecular flexibility index (Phi) is 6.55. The molecule has 1 aliphatic rings. The average molecular weight is 479 g/mol. The van der Waals surface area contributed by atoms with Gasteiger partial charge >= 0.3 is 0 Å². The van der Waals surface area contributed by atoms with Gasteiger partial charge in [0.1, 0.15) is 0 Å². The Hall–Kier alpha value is -2.03. The number of hydrogen-bond donors (Lipinski definition) is 1.